The fraction of sp³-hybridized carbons (Fsp3) is 0.545. The topological polar surface area (TPSA) is 55.8 Å². The van der Waals surface area contributed by atoms with Crippen LogP contribution in [0.15, 0.2) is 29.2 Å². The van der Waals surface area contributed by atoms with Crippen LogP contribution >= 0.6 is 11.8 Å². The van der Waals surface area contributed by atoms with Crippen molar-refractivity contribution in [1.29, 1.82) is 0 Å². The van der Waals surface area contributed by atoms with Crippen LogP contribution in [0.5, 0.6) is 5.75 Å². The van der Waals surface area contributed by atoms with Gasteiger partial charge in [0.15, 0.2) is 0 Å². The Labute approximate surface area is 172 Å². The third-order valence-electron chi connectivity index (χ3n) is 4.34. The first-order chi connectivity index (χ1) is 13.6. The molecule has 0 atom stereocenters. The van der Waals surface area contributed by atoms with Crippen molar-refractivity contribution >= 4 is 29.1 Å². The van der Waals surface area contributed by atoms with E-state index in [1.165, 1.54) is 16.7 Å². The van der Waals surface area contributed by atoms with Crippen molar-refractivity contribution in [3.63, 3.8) is 0 Å². The Morgan fingerprint density at radius 2 is 1.61 bits per heavy atom. The Bertz CT molecular complexity index is 684. The molecule has 2 amide bonds. The summed E-state index contributed by atoms with van der Waals surface area (Å²) >= 11 is 1.43. The second-order valence-corrected chi connectivity index (χ2v) is 7.87. The van der Waals surface area contributed by atoms with Crippen molar-refractivity contribution in [1.82, 2.24) is 4.90 Å². The van der Waals surface area contributed by atoms with Crippen LogP contribution in [0, 0.1) is 0 Å². The monoisotopic (exact) mass is 405 g/mol. The van der Waals surface area contributed by atoms with Gasteiger partial charge in [-0.05, 0) is 42.7 Å². The van der Waals surface area contributed by atoms with Gasteiger partial charge < -0.3 is 9.47 Å². The van der Waals surface area contributed by atoms with Crippen molar-refractivity contribution in [2.75, 3.05) is 32.1 Å². The van der Waals surface area contributed by atoms with Crippen LogP contribution in [-0.2, 0) is 14.3 Å². The lowest BCUT2D eigenvalue weighted by Gasteiger charge is -2.15. The lowest BCUT2D eigenvalue weighted by atomic mass is 10.1. The maximum Gasteiger partial charge on any atom is 0.267 e. The van der Waals surface area contributed by atoms with Gasteiger partial charge in [-0.2, -0.15) is 0 Å². The number of ether oxygens (including phenoxy) is 2. The van der Waals surface area contributed by atoms with E-state index in [-0.39, 0.29) is 11.8 Å². The second-order valence-electron chi connectivity index (χ2n) is 6.59. The Morgan fingerprint density at radius 3 is 2.25 bits per heavy atom. The summed E-state index contributed by atoms with van der Waals surface area (Å²) in [6, 6.07) is 7.43. The number of rotatable bonds is 13. The van der Waals surface area contributed by atoms with Gasteiger partial charge in [0.1, 0.15) is 5.75 Å². The van der Waals surface area contributed by atoms with E-state index in [1.807, 2.05) is 31.2 Å². The smallest absolute Gasteiger partial charge is 0.267 e. The maximum absolute atomic E-state index is 13.0. The zero-order valence-electron chi connectivity index (χ0n) is 17.2. The zero-order chi connectivity index (χ0) is 20.4. The quantitative estimate of drug-likeness (QED) is 0.357. The van der Waals surface area contributed by atoms with E-state index < -0.39 is 0 Å². The van der Waals surface area contributed by atoms with E-state index in [9.17, 15) is 9.59 Å². The minimum atomic E-state index is -0.211. The molecule has 2 rings (SSSR count). The summed E-state index contributed by atoms with van der Waals surface area (Å²) in [5.41, 5.74) is 1.27. The van der Waals surface area contributed by atoms with Crippen LogP contribution in [0.2, 0.25) is 0 Å². The lowest BCUT2D eigenvalue weighted by molar-refractivity contribution is -0.136. The van der Waals surface area contributed by atoms with E-state index in [1.54, 1.807) is 0 Å². The van der Waals surface area contributed by atoms with E-state index in [0.717, 1.165) is 42.9 Å². The van der Waals surface area contributed by atoms with Gasteiger partial charge in [-0.3, -0.25) is 14.5 Å². The highest BCUT2D eigenvalue weighted by Gasteiger charge is 2.38. The Morgan fingerprint density at radius 1 is 0.893 bits per heavy atom. The molecule has 1 aromatic rings. The Kier molecular flexibility index (Phi) is 9.58. The molecule has 0 unspecified atom stereocenters. The molecular weight excluding hydrogens is 374 g/mol. The first-order valence-electron chi connectivity index (χ1n) is 10.2. The number of thioether (sulfide) groups is 1. The molecule has 0 fully saturated rings. The number of nitrogens with zero attached hydrogens (tertiary/aromatic N) is 1. The summed E-state index contributed by atoms with van der Waals surface area (Å²) < 4.78 is 11.2. The number of hydrogen-bond donors (Lipinski definition) is 0. The van der Waals surface area contributed by atoms with Crippen molar-refractivity contribution in [2.45, 2.75) is 46.5 Å². The molecule has 0 bridgehead atoms. The molecular formula is C22H31NO4S. The molecule has 0 radical (unpaired) electrons. The van der Waals surface area contributed by atoms with Gasteiger partial charge in [0, 0.05) is 19.8 Å². The predicted octanol–water partition coefficient (Wildman–Crippen LogP) is 4.52. The van der Waals surface area contributed by atoms with Crippen LogP contribution in [0.3, 0.4) is 0 Å². The summed E-state index contributed by atoms with van der Waals surface area (Å²) in [5, 5.41) is 0. The van der Waals surface area contributed by atoms with Crippen molar-refractivity contribution in [2.24, 2.45) is 0 Å². The van der Waals surface area contributed by atoms with E-state index in [2.05, 4.69) is 13.8 Å². The number of unbranched alkanes of at least 4 members (excludes halogenated alkanes) is 1. The zero-order valence-corrected chi connectivity index (χ0v) is 18.0. The molecule has 1 aliphatic rings. The molecule has 1 heterocycles. The summed E-state index contributed by atoms with van der Waals surface area (Å²) in [6.07, 6.45) is 3.72. The van der Waals surface area contributed by atoms with Crippen molar-refractivity contribution in [3.8, 4) is 5.75 Å². The third-order valence-corrected chi connectivity index (χ3v) is 5.30. The molecule has 5 nitrogen and oxygen atoms in total. The minimum absolute atomic E-state index is 0.188. The van der Waals surface area contributed by atoms with Crippen LogP contribution in [-0.4, -0.2) is 48.8 Å². The average molecular weight is 406 g/mol. The highest BCUT2D eigenvalue weighted by molar-refractivity contribution is 8.04. The van der Waals surface area contributed by atoms with Gasteiger partial charge in [0.25, 0.3) is 11.8 Å². The number of imide groups is 1. The summed E-state index contributed by atoms with van der Waals surface area (Å²) in [6.45, 7) is 8.49. The fourth-order valence-corrected chi connectivity index (χ4v) is 3.77. The van der Waals surface area contributed by atoms with Crippen LogP contribution in [0.25, 0.3) is 5.57 Å². The Hall–Kier alpha value is -1.79. The van der Waals surface area contributed by atoms with E-state index in [4.69, 9.17) is 9.47 Å². The molecule has 6 heteroatoms. The minimum Gasteiger partial charge on any atom is -0.494 e. The number of benzene rings is 1. The van der Waals surface area contributed by atoms with E-state index >= 15 is 0 Å². The number of carbonyl (C=O) groups is 2. The van der Waals surface area contributed by atoms with Crippen molar-refractivity contribution in [3.05, 3.63) is 34.7 Å². The lowest BCUT2D eigenvalue weighted by Crippen LogP contribution is -2.33. The molecule has 0 aliphatic carbocycles. The summed E-state index contributed by atoms with van der Waals surface area (Å²) in [4.78, 5) is 27.7. The van der Waals surface area contributed by atoms with Gasteiger partial charge in [-0.15, -0.1) is 11.8 Å². The Balaban J connectivity index is 2.08. The molecule has 1 aliphatic heterocycles. The van der Waals surface area contributed by atoms with Gasteiger partial charge >= 0.3 is 0 Å². The molecule has 0 saturated carbocycles. The highest BCUT2D eigenvalue weighted by atomic mass is 32.2. The molecule has 28 heavy (non-hydrogen) atoms. The normalized spacial score (nSPS) is 14.3. The SMILES string of the molecule is CCCCOCCCN1C(=O)C(SCC)=C(c2ccc(OCCC)cc2)C1=O. The first-order valence-corrected chi connectivity index (χ1v) is 11.2. The number of hydrogen-bond acceptors (Lipinski definition) is 5. The van der Waals surface area contributed by atoms with Gasteiger partial charge in [0.2, 0.25) is 0 Å². The maximum atomic E-state index is 13.0. The standard InChI is InChI=1S/C22H31NO4S/c1-4-7-15-26-16-8-13-23-21(24)19(20(22(23)25)28-6-3)17-9-11-18(12-10-17)27-14-5-2/h9-12H,4-8,13-16H2,1-3H3. The van der Waals surface area contributed by atoms with Gasteiger partial charge in [0.05, 0.1) is 17.1 Å². The molecule has 0 aromatic heterocycles. The average Bonchev–Trinajstić information content (AvgIpc) is 2.94. The van der Waals surface area contributed by atoms with Crippen LogP contribution in [0.1, 0.15) is 52.0 Å². The molecule has 0 spiro atoms. The van der Waals surface area contributed by atoms with Crippen LogP contribution in [0.4, 0.5) is 0 Å². The summed E-state index contributed by atoms with van der Waals surface area (Å²) in [7, 11) is 0. The molecule has 154 valence electrons. The van der Waals surface area contributed by atoms with Gasteiger partial charge in [-0.1, -0.05) is 39.3 Å². The second kappa shape index (κ2) is 11.9. The predicted molar refractivity (Wildman–Crippen MR) is 114 cm³/mol. The highest BCUT2D eigenvalue weighted by Crippen LogP contribution is 2.36. The van der Waals surface area contributed by atoms with Crippen LogP contribution < -0.4 is 4.74 Å². The van der Waals surface area contributed by atoms with Crippen molar-refractivity contribution < 1.29 is 19.1 Å². The third kappa shape index (κ3) is 5.85. The molecule has 1 aromatic carbocycles. The number of carbonyl (C=O) groups excluding carboxylic acids is 2. The summed E-state index contributed by atoms with van der Waals surface area (Å²) in [5.74, 6) is 1.11. The number of amides is 2. The fourth-order valence-electron chi connectivity index (χ4n) is 2.90. The van der Waals surface area contributed by atoms with E-state index in [0.29, 0.717) is 36.7 Å². The van der Waals surface area contributed by atoms with Gasteiger partial charge in [-0.25, -0.2) is 0 Å². The largest absolute Gasteiger partial charge is 0.494 e. The first kappa shape index (κ1) is 22.5. The molecule has 0 saturated heterocycles. The molecule has 0 N–H and O–H groups in total.